The van der Waals surface area contributed by atoms with Crippen LogP contribution in [0.5, 0.6) is 0 Å². The van der Waals surface area contributed by atoms with Crippen molar-refractivity contribution in [3.63, 3.8) is 0 Å². The Hall–Kier alpha value is -2.24. The summed E-state index contributed by atoms with van der Waals surface area (Å²) in [7, 11) is 0. The summed E-state index contributed by atoms with van der Waals surface area (Å²) in [4.78, 5) is 37.9. The molecule has 2 fully saturated rings. The van der Waals surface area contributed by atoms with Crippen molar-refractivity contribution in [1.82, 2.24) is 10.2 Å². The second-order valence-corrected chi connectivity index (χ2v) is 6.94. The second kappa shape index (κ2) is 7.33. The monoisotopic (exact) mass is 346 g/mol. The van der Waals surface area contributed by atoms with Gasteiger partial charge >= 0.3 is 0 Å². The fourth-order valence-corrected chi connectivity index (χ4v) is 3.70. The minimum Gasteiger partial charge on any atom is -0.352 e. The van der Waals surface area contributed by atoms with Crippen molar-refractivity contribution in [2.45, 2.75) is 45.6 Å². The summed E-state index contributed by atoms with van der Waals surface area (Å²) in [5, 5.41) is 2.71. The van der Waals surface area contributed by atoms with Crippen LogP contribution in [-0.2, 0) is 20.9 Å². The molecule has 3 amide bonds. The molecule has 1 N–H and O–H groups in total. The van der Waals surface area contributed by atoms with E-state index in [-0.39, 0.29) is 54.9 Å². The van der Waals surface area contributed by atoms with Gasteiger partial charge in [0.1, 0.15) is 5.82 Å². The number of imide groups is 1. The molecule has 1 aromatic carbocycles. The number of aryl methyl sites for hydroxylation is 1. The lowest BCUT2D eigenvalue weighted by molar-refractivity contribution is -0.140. The highest BCUT2D eigenvalue weighted by Gasteiger charge is 2.47. The predicted molar refractivity (Wildman–Crippen MR) is 89.8 cm³/mol. The van der Waals surface area contributed by atoms with Gasteiger partial charge in [-0.3, -0.25) is 19.3 Å². The number of hydrogen-bond donors (Lipinski definition) is 1. The van der Waals surface area contributed by atoms with Crippen molar-refractivity contribution in [2.24, 2.45) is 11.8 Å². The van der Waals surface area contributed by atoms with Gasteiger partial charge in [-0.2, -0.15) is 0 Å². The van der Waals surface area contributed by atoms with Gasteiger partial charge < -0.3 is 5.32 Å². The number of carbonyl (C=O) groups is 3. The lowest BCUT2D eigenvalue weighted by Gasteiger charge is -2.19. The van der Waals surface area contributed by atoms with E-state index in [0.29, 0.717) is 11.1 Å². The first-order chi connectivity index (χ1) is 12.0. The summed E-state index contributed by atoms with van der Waals surface area (Å²) in [5.74, 6) is -1.16. The normalized spacial score (nSPS) is 22.9. The average Bonchev–Trinajstić information content (AvgIpc) is 2.85. The molecule has 1 aromatic rings. The van der Waals surface area contributed by atoms with Crippen molar-refractivity contribution in [3.8, 4) is 0 Å². The summed E-state index contributed by atoms with van der Waals surface area (Å²) >= 11 is 0. The van der Waals surface area contributed by atoms with Crippen molar-refractivity contribution < 1.29 is 18.8 Å². The number of carbonyl (C=O) groups excluding carboxylic acids is 3. The molecule has 0 radical (unpaired) electrons. The van der Waals surface area contributed by atoms with E-state index in [1.54, 1.807) is 19.1 Å². The summed E-state index contributed by atoms with van der Waals surface area (Å²) in [6.07, 6.45) is 3.60. The van der Waals surface area contributed by atoms with Crippen molar-refractivity contribution in [3.05, 3.63) is 35.1 Å². The molecule has 25 heavy (non-hydrogen) atoms. The molecule has 1 saturated heterocycles. The summed E-state index contributed by atoms with van der Waals surface area (Å²) < 4.78 is 13.5. The third kappa shape index (κ3) is 3.72. The van der Waals surface area contributed by atoms with Gasteiger partial charge in [0.2, 0.25) is 17.7 Å². The minimum absolute atomic E-state index is 0.0747. The number of benzene rings is 1. The Labute approximate surface area is 146 Å². The molecule has 0 spiro atoms. The highest BCUT2D eigenvalue weighted by molar-refractivity contribution is 6.05. The maximum atomic E-state index is 13.5. The number of fused-ring (bicyclic) bond motifs is 1. The van der Waals surface area contributed by atoms with Gasteiger partial charge in [0.05, 0.1) is 11.8 Å². The van der Waals surface area contributed by atoms with E-state index in [2.05, 4.69) is 5.32 Å². The Morgan fingerprint density at radius 2 is 1.84 bits per heavy atom. The summed E-state index contributed by atoms with van der Waals surface area (Å²) in [6, 6.07) is 4.82. The molecular formula is C19H23FN2O3. The molecule has 0 aromatic heterocycles. The van der Waals surface area contributed by atoms with Crippen LogP contribution in [0.1, 0.15) is 43.2 Å². The van der Waals surface area contributed by atoms with Crippen LogP contribution < -0.4 is 5.32 Å². The van der Waals surface area contributed by atoms with Crippen molar-refractivity contribution in [1.29, 1.82) is 0 Å². The lowest BCUT2D eigenvalue weighted by atomic mass is 9.81. The van der Waals surface area contributed by atoms with Crippen LogP contribution in [0.25, 0.3) is 0 Å². The maximum Gasteiger partial charge on any atom is 0.233 e. The fourth-order valence-electron chi connectivity index (χ4n) is 3.70. The Bertz CT molecular complexity index is 680. The summed E-state index contributed by atoms with van der Waals surface area (Å²) in [5.41, 5.74) is 1.23. The van der Waals surface area contributed by atoms with E-state index in [0.717, 1.165) is 25.7 Å². The van der Waals surface area contributed by atoms with Gasteiger partial charge in [-0.15, -0.1) is 0 Å². The fraction of sp³-hybridized carbons (Fsp3) is 0.526. The number of hydrogen-bond acceptors (Lipinski definition) is 3. The molecule has 1 heterocycles. The number of nitrogens with one attached hydrogen (secondary N) is 1. The topological polar surface area (TPSA) is 66.5 Å². The molecular weight excluding hydrogens is 323 g/mol. The Balaban J connectivity index is 1.49. The quantitative estimate of drug-likeness (QED) is 0.832. The SMILES string of the molecule is Cc1ccc(CNC(=O)CCN2C(=O)[C@H]3CCCC[C@H]3C2=O)cc1F. The number of likely N-dealkylation sites (tertiary alicyclic amines) is 1. The van der Waals surface area contributed by atoms with E-state index in [1.807, 2.05) is 0 Å². The zero-order valence-corrected chi connectivity index (χ0v) is 14.4. The molecule has 1 aliphatic carbocycles. The highest BCUT2D eigenvalue weighted by Crippen LogP contribution is 2.37. The number of rotatable bonds is 5. The number of halogens is 1. The predicted octanol–water partition coefficient (Wildman–Crippen LogP) is 2.32. The van der Waals surface area contributed by atoms with E-state index >= 15 is 0 Å². The van der Waals surface area contributed by atoms with Gasteiger partial charge in [0.25, 0.3) is 0 Å². The largest absolute Gasteiger partial charge is 0.352 e. The first kappa shape index (κ1) is 17.6. The van der Waals surface area contributed by atoms with E-state index in [4.69, 9.17) is 0 Å². The maximum absolute atomic E-state index is 13.5. The van der Waals surface area contributed by atoms with Gasteiger partial charge in [-0.25, -0.2) is 4.39 Å². The van der Waals surface area contributed by atoms with Crippen LogP contribution in [0.3, 0.4) is 0 Å². The van der Waals surface area contributed by atoms with E-state index < -0.39 is 0 Å². The molecule has 3 rings (SSSR count). The van der Waals surface area contributed by atoms with Crippen LogP contribution in [0.15, 0.2) is 18.2 Å². The van der Waals surface area contributed by atoms with Gasteiger partial charge in [0, 0.05) is 19.5 Å². The van der Waals surface area contributed by atoms with Crippen LogP contribution >= 0.6 is 0 Å². The second-order valence-electron chi connectivity index (χ2n) is 6.94. The minimum atomic E-state index is -0.303. The first-order valence-electron chi connectivity index (χ1n) is 8.84. The third-order valence-corrected chi connectivity index (χ3v) is 5.22. The van der Waals surface area contributed by atoms with Crippen molar-refractivity contribution in [2.75, 3.05) is 6.54 Å². The molecule has 2 atom stereocenters. The standard InChI is InChI=1S/C19H23FN2O3/c1-12-6-7-13(10-16(12)20)11-21-17(23)8-9-22-18(24)14-4-2-3-5-15(14)19(22)25/h6-7,10,14-15H,2-5,8-9,11H2,1H3,(H,21,23)/t14-,15+. The molecule has 6 heteroatoms. The Kier molecular flexibility index (Phi) is 5.16. The smallest absolute Gasteiger partial charge is 0.233 e. The van der Waals surface area contributed by atoms with Crippen LogP contribution in [0.4, 0.5) is 4.39 Å². The zero-order chi connectivity index (χ0) is 18.0. The average molecular weight is 346 g/mol. The van der Waals surface area contributed by atoms with E-state index in [1.165, 1.54) is 11.0 Å². The Morgan fingerprint density at radius 1 is 1.20 bits per heavy atom. The molecule has 1 aliphatic heterocycles. The first-order valence-corrected chi connectivity index (χ1v) is 8.84. The lowest BCUT2D eigenvalue weighted by Crippen LogP contribution is -2.35. The number of nitrogens with zero attached hydrogens (tertiary/aromatic N) is 1. The van der Waals surface area contributed by atoms with Crippen LogP contribution in [0.2, 0.25) is 0 Å². The molecule has 134 valence electrons. The van der Waals surface area contributed by atoms with Crippen molar-refractivity contribution >= 4 is 17.7 Å². The van der Waals surface area contributed by atoms with Crippen LogP contribution in [-0.4, -0.2) is 29.2 Å². The molecule has 5 nitrogen and oxygen atoms in total. The van der Waals surface area contributed by atoms with Crippen LogP contribution in [0, 0.1) is 24.6 Å². The molecule has 1 saturated carbocycles. The molecule has 0 bridgehead atoms. The highest BCUT2D eigenvalue weighted by atomic mass is 19.1. The van der Waals surface area contributed by atoms with Gasteiger partial charge in [-0.05, 0) is 37.0 Å². The third-order valence-electron chi connectivity index (χ3n) is 5.22. The van der Waals surface area contributed by atoms with Gasteiger partial charge in [-0.1, -0.05) is 25.0 Å². The zero-order valence-electron chi connectivity index (χ0n) is 14.4. The van der Waals surface area contributed by atoms with E-state index in [9.17, 15) is 18.8 Å². The number of amides is 3. The Morgan fingerprint density at radius 3 is 2.44 bits per heavy atom. The van der Waals surface area contributed by atoms with Gasteiger partial charge in [0.15, 0.2) is 0 Å². The summed E-state index contributed by atoms with van der Waals surface area (Å²) in [6.45, 7) is 2.03. The molecule has 2 aliphatic rings. The molecule has 0 unspecified atom stereocenters.